The van der Waals surface area contributed by atoms with E-state index in [4.69, 9.17) is 10.3 Å². The smallest absolute Gasteiger partial charge is 0.260 e. The van der Waals surface area contributed by atoms with Crippen LogP contribution in [0, 0.1) is 11.6 Å². The summed E-state index contributed by atoms with van der Waals surface area (Å²) in [5.74, 6) is -1.63. The number of anilines is 1. The van der Waals surface area contributed by atoms with E-state index < -0.39 is 11.6 Å². The highest BCUT2D eigenvalue weighted by Crippen LogP contribution is 2.27. The van der Waals surface area contributed by atoms with E-state index in [-0.39, 0.29) is 17.1 Å². The molecular weight excluding hydrogens is 278 g/mol. The Balaban J connectivity index is 1.90. The van der Waals surface area contributed by atoms with Gasteiger partial charge in [-0.25, -0.2) is 8.78 Å². The van der Waals surface area contributed by atoms with Gasteiger partial charge in [-0.2, -0.15) is 4.98 Å². The molecule has 0 aliphatic carbocycles. The Kier molecular flexibility index (Phi) is 3.31. The Morgan fingerprint density at radius 2 is 1.95 bits per heavy atom. The van der Waals surface area contributed by atoms with Crippen LogP contribution in [0.15, 0.2) is 41.1 Å². The van der Waals surface area contributed by atoms with E-state index in [2.05, 4.69) is 15.1 Å². The third-order valence-corrected chi connectivity index (χ3v) is 2.86. The summed E-state index contributed by atoms with van der Waals surface area (Å²) in [5.41, 5.74) is 6.59. The van der Waals surface area contributed by atoms with E-state index in [1.165, 1.54) is 0 Å². The van der Waals surface area contributed by atoms with Gasteiger partial charge in [0.05, 0.1) is 12.0 Å². The number of pyridine rings is 1. The van der Waals surface area contributed by atoms with Gasteiger partial charge in [0.1, 0.15) is 0 Å². The largest absolute Gasteiger partial charge is 0.398 e. The zero-order chi connectivity index (χ0) is 14.8. The molecule has 0 amide bonds. The molecule has 0 aliphatic heterocycles. The third kappa shape index (κ3) is 2.71. The number of rotatable bonds is 3. The molecule has 2 N–H and O–H groups in total. The quantitative estimate of drug-likeness (QED) is 0.749. The summed E-state index contributed by atoms with van der Waals surface area (Å²) in [4.78, 5) is 8.26. The van der Waals surface area contributed by atoms with Crippen molar-refractivity contribution in [2.24, 2.45) is 0 Å². The lowest BCUT2D eigenvalue weighted by Crippen LogP contribution is -1.96. The highest BCUT2D eigenvalue weighted by Gasteiger charge is 2.15. The first-order chi connectivity index (χ1) is 10.1. The highest BCUT2D eigenvalue weighted by molar-refractivity contribution is 5.70. The van der Waals surface area contributed by atoms with Crippen LogP contribution in [0.5, 0.6) is 0 Å². The molecule has 21 heavy (non-hydrogen) atoms. The summed E-state index contributed by atoms with van der Waals surface area (Å²) in [6.07, 6.45) is 2.03. The zero-order valence-corrected chi connectivity index (χ0v) is 10.8. The predicted molar refractivity (Wildman–Crippen MR) is 71.1 cm³/mol. The molecule has 3 aromatic rings. The maximum absolute atomic E-state index is 13.3. The molecule has 0 unspecified atom stereocenters. The second-order valence-electron chi connectivity index (χ2n) is 4.37. The fourth-order valence-electron chi connectivity index (χ4n) is 1.85. The molecule has 5 nitrogen and oxygen atoms in total. The first kappa shape index (κ1) is 13.2. The van der Waals surface area contributed by atoms with E-state index in [1.54, 1.807) is 12.3 Å². The van der Waals surface area contributed by atoms with Crippen molar-refractivity contribution in [1.29, 1.82) is 0 Å². The molecule has 0 saturated heterocycles. The number of nitrogens with zero attached hydrogens (tertiary/aromatic N) is 3. The molecule has 0 spiro atoms. The summed E-state index contributed by atoms with van der Waals surface area (Å²) in [6, 6.07) is 7.28. The van der Waals surface area contributed by atoms with Gasteiger partial charge in [0.25, 0.3) is 5.89 Å². The van der Waals surface area contributed by atoms with Crippen molar-refractivity contribution in [3.05, 3.63) is 59.7 Å². The minimum Gasteiger partial charge on any atom is -0.398 e. The minimum atomic E-state index is -1.02. The lowest BCUT2D eigenvalue weighted by atomic mass is 10.1. The van der Waals surface area contributed by atoms with Crippen LogP contribution in [0.2, 0.25) is 0 Å². The lowest BCUT2D eigenvalue weighted by Gasteiger charge is -2.01. The van der Waals surface area contributed by atoms with Gasteiger partial charge in [0.2, 0.25) is 0 Å². The monoisotopic (exact) mass is 288 g/mol. The van der Waals surface area contributed by atoms with Crippen LogP contribution in [0.1, 0.15) is 11.5 Å². The average molecular weight is 288 g/mol. The van der Waals surface area contributed by atoms with Crippen molar-refractivity contribution >= 4 is 5.69 Å². The van der Waals surface area contributed by atoms with Crippen LogP contribution in [-0.2, 0) is 6.42 Å². The number of aromatic nitrogens is 3. The molecule has 0 fully saturated rings. The standard InChI is InChI=1S/C14H10F2N4O/c15-10-6-9(12(17)7-11(10)16)14-19-13(20-21-14)5-8-3-1-2-4-18-8/h1-4,6-7H,5,17H2. The van der Waals surface area contributed by atoms with Crippen molar-refractivity contribution < 1.29 is 13.3 Å². The van der Waals surface area contributed by atoms with Crippen molar-refractivity contribution in [2.75, 3.05) is 5.73 Å². The minimum absolute atomic E-state index is 0.0296. The molecule has 106 valence electrons. The first-order valence-corrected chi connectivity index (χ1v) is 6.11. The number of benzene rings is 1. The second-order valence-corrected chi connectivity index (χ2v) is 4.37. The van der Waals surface area contributed by atoms with Gasteiger partial charge in [-0.1, -0.05) is 11.2 Å². The Labute approximate surface area is 118 Å². The molecule has 3 rings (SSSR count). The molecule has 0 bridgehead atoms. The Hall–Kier alpha value is -2.83. The average Bonchev–Trinajstić information content (AvgIpc) is 2.92. The molecule has 2 heterocycles. The molecule has 2 aromatic heterocycles. The summed E-state index contributed by atoms with van der Waals surface area (Å²) in [5, 5.41) is 3.78. The Bertz CT molecular complexity index is 774. The van der Waals surface area contributed by atoms with Gasteiger partial charge in [0, 0.05) is 23.6 Å². The van der Waals surface area contributed by atoms with Gasteiger partial charge >= 0.3 is 0 Å². The van der Waals surface area contributed by atoms with Gasteiger partial charge in [0.15, 0.2) is 17.5 Å². The van der Waals surface area contributed by atoms with Crippen molar-refractivity contribution in [3.63, 3.8) is 0 Å². The van der Waals surface area contributed by atoms with E-state index in [0.717, 1.165) is 17.8 Å². The number of hydrogen-bond donors (Lipinski definition) is 1. The maximum atomic E-state index is 13.3. The van der Waals surface area contributed by atoms with Crippen LogP contribution >= 0.6 is 0 Å². The molecule has 0 aliphatic rings. The summed E-state index contributed by atoms with van der Waals surface area (Å²) < 4.78 is 31.3. The van der Waals surface area contributed by atoms with Gasteiger partial charge in [-0.3, -0.25) is 4.98 Å². The van der Waals surface area contributed by atoms with E-state index in [1.807, 2.05) is 12.1 Å². The third-order valence-electron chi connectivity index (χ3n) is 2.86. The number of halogens is 2. The van der Waals surface area contributed by atoms with Crippen molar-refractivity contribution in [1.82, 2.24) is 15.1 Å². The predicted octanol–water partition coefficient (Wildman–Crippen LogP) is 2.58. The SMILES string of the molecule is Nc1cc(F)c(F)cc1-c1nc(Cc2ccccn2)no1. The van der Waals surface area contributed by atoms with E-state index in [9.17, 15) is 8.78 Å². The first-order valence-electron chi connectivity index (χ1n) is 6.11. The number of nitrogen functional groups attached to an aromatic ring is 1. The van der Waals surface area contributed by atoms with Crippen LogP contribution in [0.25, 0.3) is 11.5 Å². The fourth-order valence-corrected chi connectivity index (χ4v) is 1.85. The molecular formula is C14H10F2N4O. The van der Waals surface area contributed by atoms with Crippen LogP contribution in [0.3, 0.4) is 0 Å². The van der Waals surface area contributed by atoms with Gasteiger partial charge in [-0.15, -0.1) is 0 Å². The molecule has 0 atom stereocenters. The molecule has 1 aromatic carbocycles. The summed E-state index contributed by atoms with van der Waals surface area (Å²) in [6.45, 7) is 0. The second kappa shape index (κ2) is 5.28. The molecule has 0 radical (unpaired) electrons. The highest BCUT2D eigenvalue weighted by atomic mass is 19.2. The summed E-state index contributed by atoms with van der Waals surface area (Å²) >= 11 is 0. The van der Waals surface area contributed by atoms with Crippen molar-refractivity contribution in [3.8, 4) is 11.5 Å². The normalized spacial score (nSPS) is 10.8. The van der Waals surface area contributed by atoms with Crippen LogP contribution in [-0.4, -0.2) is 15.1 Å². The van der Waals surface area contributed by atoms with E-state index >= 15 is 0 Å². The van der Waals surface area contributed by atoms with E-state index in [0.29, 0.717) is 12.2 Å². The van der Waals surface area contributed by atoms with Crippen LogP contribution in [0.4, 0.5) is 14.5 Å². The maximum Gasteiger partial charge on any atom is 0.260 e. The van der Waals surface area contributed by atoms with Gasteiger partial charge in [-0.05, 0) is 18.2 Å². The number of hydrogen-bond acceptors (Lipinski definition) is 5. The fraction of sp³-hybridized carbons (Fsp3) is 0.0714. The molecule has 7 heteroatoms. The van der Waals surface area contributed by atoms with Crippen molar-refractivity contribution in [2.45, 2.75) is 6.42 Å². The lowest BCUT2D eigenvalue weighted by molar-refractivity contribution is 0.423. The Morgan fingerprint density at radius 1 is 1.14 bits per heavy atom. The summed E-state index contributed by atoms with van der Waals surface area (Å²) in [7, 11) is 0. The van der Waals surface area contributed by atoms with Crippen LogP contribution < -0.4 is 5.73 Å². The zero-order valence-electron chi connectivity index (χ0n) is 10.8. The topological polar surface area (TPSA) is 77.8 Å². The molecule has 0 saturated carbocycles. The number of nitrogens with two attached hydrogens (primary N) is 1. The Morgan fingerprint density at radius 3 is 2.71 bits per heavy atom. The van der Waals surface area contributed by atoms with Gasteiger partial charge < -0.3 is 10.3 Å².